The highest BCUT2D eigenvalue weighted by Gasteiger charge is 2.65. The Balaban J connectivity index is 1.42. The molecule has 0 radical (unpaired) electrons. The van der Waals surface area contributed by atoms with Crippen LogP contribution in [0.3, 0.4) is 0 Å². The molecule has 0 aromatic carbocycles. The maximum absolute atomic E-state index is 12.0. The molecular weight excluding hydrogens is 400 g/mol. The van der Waals surface area contributed by atoms with E-state index in [1.807, 2.05) is 6.21 Å². The molecule has 8 atom stereocenters. The molecule has 4 fully saturated rings. The number of aromatic nitrogens is 2. The van der Waals surface area contributed by atoms with Gasteiger partial charge in [0.25, 0.3) is 0 Å². The van der Waals surface area contributed by atoms with Gasteiger partial charge in [0.15, 0.2) is 0 Å². The lowest BCUT2D eigenvalue weighted by Crippen LogP contribution is -2.62. The third-order valence-electron chi connectivity index (χ3n) is 10.2. The molecule has 0 spiro atoms. The van der Waals surface area contributed by atoms with Crippen LogP contribution in [0.15, 0.2) is 29.1 Å². The van der Waals surface area contributed by atoms with Crippen molar-refractivity contribution in [3.05, 3.63) is 24.0 Å². The Morgan fingerprint density at radius 3 is 2.81 bits per heavy atom. The van der Waals surface area contributed by atoms with E-state index in [-0.39, 0.29) is 16.9 Å². The summed E-state index contributed by atoms with van der Waals surface area (Å²) in [5.41, 5.74) is 3.74. The molecule has 1 aromatic rings. The summed E-state index contributed by atoms with van der Waals surface area (Å²) in [6.45, 7) is 6.92. The molecule has 0 aliphatic heterocycles. The summed E-state index contributed by atoms with van der Waals surface area (Å²) >= 11 is 0. The van der Waals surface area contributed by atoms with E-state index in [1.54, 1.807) is 12.4 Å². The first kappa shape index (κ1) is 22.1. The summed E-state index contributed by atoms with van der Waals surface area (Å²) in [6.07, 6.45) is 17.0. The van der Waals surface area contributed by atoms with Crippen molar-refractivity contribution in [1.29, 1.82) is 0 Å². The Morgan fingerprint density at radius 1 is 1.19 bits per heavy atom. The number of aromatic amines is 1. The summed E-state index contributed by atoms with van der Waals surface area (Å²) in [6, 6.07) is 0. The molecule has 0 bridgehead atoms. The lowest BCUT2D eigenvalue weighted by atomic mass is 9.41. The molecule has 4 N–H and O–H groups in total. The van der Waals surface area contributed by atoms with Gasteiger partial charge in [-0.1, -0.05) is 19.9 Å². The summed E-state index contributed by atoms with van der Waals surface area (Å²) in [7, 11) is 0. The first-order chi connectivity index (χ1) is 15.3. The highest BCUT2D eigenvalue weighted by Crippen LogP contribution is 2.68. The van der Waals surface area contributed by atoms with E-state index in [0.717, 1.165) is 50.5 Å². The Kier molecular flexibility index (Phi) is 5.52. The first-order valence-electron chi connectivity index (χ1n) is 12.6. The van der Waals surface area contributed by atoms with E-state index >= 15 is 0 Å². The Bertz CT molecular complexity index is 882. The van der Waals surface area contributed by atoms with Gasteiger partial charge in [0.2, 0.25) is 5.95 Å². The van der Waals surface area contributed by atoms with Crippen LogP contribution in [-0.2, 0) is 0 Å². The predicted octanol–water partition coefficient (Wildman–Crippen LogP) is 4.89. The van der Waals surface area contributed by atoms with Crippen LogP contribution >= 0.6 is 0 Å². The van der Waals surface area contributed by atoms with Crippen LogP contribution < -0.4 is 5.43 Å². The number of imidazole rings is 1. The van der Waals surface area contributed by atoms with Crippen molar-refractivity contribution in [2.45, 2.75) is 90.3 Å². The zero-order chi connectivity index (χ0) is 22.6. The molecule has 0 amide bonds. The average molecular weight is 441 g/mol. The van der Waals surface area contributed by atoms with E-state index in [9.17, 15) is 10.2 Å². The number of aliphatic hydroxyl groups excluding tert-OH is 1. The molecule has 1 unspecified atom stereocenters. The van der Waals surface area contributed by atoms with Crippen LogP contribution in [0, 0.1) is 34.5 Å². The second-order valence-electron chi connectivity index (χ2n) is 11.7. The van der Waals surface area contributed by atoms with E-state index < -0.39 is 5.60 Å². The Hall–Kier alpha value is -1.66. The highest BCUT2D eigenvalue weighted by molar-refractivity contribution is 5.78. The van der Waals surface area contributed by atoms with Crippen molar-refractivity contribution < 1.29 is 10.2 Å². The van der Waals surface area contributed by atoms with Gasteiger partial charge < -0.3 is 15.2 Å². The fourth-order valence-corrected chi connectivity index (χ4v) is 8.48. The monoisotopic (exact) mass is 440 g/mol. The molecule has 6 nitrogen and oxygen atoms in total. The van der Waals surface area contributed by atoms with E-state index in [4.69, 9.17) is 0 Å². The quantitative estimate of drug-likeness (QED) is 0.396. The third kappa shape index (κ3) is 3.37. The van der Waals surface area contributed by atoms with Crippen LogP contribution in [0.5, 0.6) is 0 Å². The lowest BCUT2D eigenvalue weighted by molar-refractivity contribution is -0.211. The molecular formula is C26H40N4O2. The fourth-order valence-electron chi connectivity index (χ4n) is 8.48. The highest BCUT2D eigenvalue weighted by atomic mass is 16.3. The van der Waals surface area contributed by atoms with Gasteiger partial charge in [-0.05, 0) is 105 Å². The summed E-state index contributed by atoms with van der Waals surface area (Å²) in [5.74, 6) is 2.37. The van der Waals surface area contributed by atoms with Crippen LogP contribution in [-0.4, -0.2) is 38.1 Å². The topological polar surface area (TPSA) is 93.5 Å². The first-order valence-corrected chi connectivity index (χ1v) is 12.6. The molecule has 4 saturated carbocycles. The van der Waals surface area contributed by atoms with Gasteiger partial charge in [-0.15, -0.1) is 0 Å². The average Bonchev–Trinajstić information content (AvgIpc) is 3.36. The number of aliphatic hydroxyl groups is 2. The van der Waals surface area contributed by atoms with Gasteiger partial charge >= 0.3 is 0 Å². The minimum Gasteiger partial charge on any atom is -0.393 e. The third-order valence-corrected chi connectivity index (χ3v) is 10.2. The maximum Gasteiger partial charge on any atom is 0.220 e. The van der Waals surface area contributed by atoms with Crippen LogP contribution in [0.2, 0.25) is 0 Å². The number of anilines is 1. The molecule has 6 heteroatoms. The summed E-state index contributed by atoms with van der Waals surface area (Å²) in [4.78, 5) is 7.12. The number of allylic oxidation sites excluding steroid dienone is 2. The summed E-state index contributed by atoms with van der Waals surface area (Å²) < 4.78 is 0. The molecule has 176 valence electrons. The smallest absolute Gasteiger partial charge is 0.220 e. The standard InChI is InChI=1S/C26H40N4O2/c1-17(16-29-30-23-27-11-12-28-23)13-19-15-20(31)14-18-5-6-22-21(25(18,19)3)7-10-24(2)8-4-9-26(22,24)32/h11-13,16,18-22,31-32H,4-10,14-15H2,1-3H3,(H2,27,28,30)/b17-13+,29-16+/t18-,19?,20-,21+,22-,24+,25-,26+/m1/s1. The van der Waals surface area contributed by atoms with Gasteiger partial charge in [0.05, 0.1) is 11.7 Å². The summed E-state index contributed by atoms with van der Waals surface area (Å²) in [5, 5.41) is 27.1. The zero-order valence-corrected chi connectivity index (χ0v) is 19.8. The van der Waals surface area contributed by atoms with Gasteiger partial charge in [-0.3, -0.25) is 0 Å². The van der Waals surface area contributed by atoms with Crippen LogP contribution in [0.25, 0.3) is 0 Å². The van der Waals surface area contributed by atoms with Crippen molar-refractivity contribution in [3.63, 3.8) is 0 Å². The van der Waals surface area contributed by atoms with Gasteiger partial charge in [0.1, 0.15) is 0 Å². The number of fused-ring (bicyclic) bond motifs is 5. The molecule has 4 aliphatic carbocycles. The van der Waals surface area contributed by atoms with Crippen LogP contribution in [0.4, 0.5) is 5.95 Å². The van der Waals surface area contributed by atoms with Crippen molar-refractivity contribution in [1.82, 2.24) is 9.97 Å². The second kappa shape index (κ2) is 7.98. The molecule has 0 saturated heterocycles. The molecule has 1 heterocycles. The largest absolute Gasteiger partial charge is 0.393 e. The molecule has 1 aromatic heterocycles. The number of nitrogens with zero attached hydrogens (tertiary/aromatic N) is 2. The van der Waals surface area contributed by atoms with Gasteiger partial charge in [-0.25, -0.2) is 10.4 Å². The Morgan fingerprint density at radius 2 is 2.03 bits per heavy atom. The van der Waals surface area contributed by atoms with Crippen molar-refractivity contribution in [2.24, 2.45) is 39.6 Å². The second-order valence-corrected chi connectivity index (χ2v) is 11.7. The van der Waals surface area contributed by atoms with Crippen molar-refractivity contribution >= 4 is 12.2 Å². The van der Waals surface area contributed by atoms with Crippen molar-refractivity contribution in [3.8, 4) is 0 Å². The number of rotatable bonds is 4. The molecule has 32 heavy (non-hydrogen) atoms. The Labute approximate surface area is 192 Å². The maximum atomic E-state index is 12.0. The minimum absolute atomic E-state index is 0.0942. The van der Waals surface area contributed by atoms with Crippen molar-refractivity contribution in [2.75, 3.05) is 5.43 Å². The van der Waals surface area contributed by atoms with Crippen LogP contribution in [0.1, 0.15) is 78.6 Å². The van der Waals surface area contributed by atoms with Gasteiger partial charge in [-0.2, -0.15) is 5.10 Å². The number of hydrogen-bond acceptors (Lipinski definition) is 5. The van der Waals surface area contributed by atoms with Gasteiger partial charge in [0, 0.05) is 18.6 Å². The fraction of sp³-hybridized carbons (Fsp3) is 0.769. The van der Waals surface area contributed by atoms with E-state index in [2.05, 4.69) is 47.3 Å². The molecule has 4 aliphatic rings. The van der Waals surface area contributed by atoms with E-state index in [1.165, 1.54) is 12.8 Å². The normalized spacial score (nSPS) is 46.5. The number of hydrogen-bond donors (Lipinski definition) is 4. The lowest BCUT2D eigenvalue weighted by Gasteiger charge is -2.64. The zero-order valence-electron chi connectivity index (χ0n) is 19.8. The van der Waals surface area contributed by atoms with E-state index in [0.29, 0.717) is 29.6 Å². The molecule has 5 rings (SSSR count). The number of H-pyrrole nitrogens is 1. The minimum atomic E-state index is -0.502. The predicted molar refractivity (Wildman–Crippen MR) is 127 cm³/mol. The number of hydrazone groups is 1. The number of nitrogens with one attached hydrogen (secondary N) is 2. The SMILES string of the molecule is CC(/C=N/Nc1ncc[nH]1)=C\C1C[C@H](O)C[C@H]2CC[C@@H]3[C@H](CC[C@]4(C)CCC[C@]34O)[C@@]12C.